The molecule has 1 unspecified atom stereocenters. The Bertz CT molecular complexity index is 479. The second-order valence-corrected chi connectivity index (χ2v) is 5.51. The Morgan fingerprint density at radius 1 is 1.33 bits per heavy atom. The fourth-order valence-electron chi connectivity index (χ4n) is 1.39. The van der Waals surface area contributed by atoms with Crippen molar-refractivity contribution in [3.63, 3.8) is 0 Å². The standard InChI is InChI=1S/C10H11NO3S/c1-8-7-10(14-11-8)15(12,13)9-5-3-2-4-6-9/h2-6,10H,7H2,1H3. The summed E-state index contributed by atoms with van der Waals surface area (Å²) in [4.78, 5) is 5.16. The third-order valence-corrected chi connectivity index (χ3v) is 4.08. The van der Waals surface area contributed by atoms with Crippen LogP contribution in [0.5, 0.6) is 0 Å². The summed E-state index contributed by atoms with van der Waals surface area (Å²) in [5, 5.41) is 3.65. The summed E-state index contributed by atoms with van der Waals surface area (Å²) in [5.41, 5.74) is -0.153. The van der Waals surface area contributed by atoms with Gasteiger partial charge in [0.25, 0.3) is 0 Å². The van der Waals surface area contributed by atoms with Crippen molar-refractivity contribution in [1.82, 2.24) is 0 Å². The van der Waals surface area contributed by atoms with Crippen LogP contribution in [-0.2, 0) is 14.7 Å². The van der Waals surface area contributed by atoms with Gasteiger partial charge in [0, 0.05) is 6.42 Å². The monoisotopic (exact) mass is 225 g/mol. The maximum absolute atomic E-state index is 12.0. The van der Waals surface area contributed by atoms with Crippen LogP contribution in [0.4, 0.5) is 0 Å². The summed E-state index contributed by atoms with van der Waals surface area (Å²) in [6, 6.07) is 8.28. The lowest BCUT2D eigenvalue weighted by atomic mass is 10.3. The Morgan fingerprint density at radius 2 is 2.00 bits per heavy atom. The molecule has 80 valence electrons. The van der Waals surface area contributed by atoms with Gasteiger partial charge in [-0.15, -0.1) is 0 Å². The molecule has 0 saturated heterocycles. The lowest BCUT2D eigenvalue weighted by Crippen LogP contribution is -2.21. The summed E-state index contributed by atoms with van der Waals surface area (Å²) in [6.45, 7) is 1.75. The highest BCUT2D eigenvalue weighted by Crippen LogP contribution is 2.23. The highest BCUT2D eigenvalue weighted by atomic mass is 32.2. The molecule has 1 heterocycles. The minimum atomic E-state index is -3.41. The molecule has 0 aliphatic carbocycles. The van der Waals surface area contributed by atoms with Crippen molar-refractivity contribution in [2.75, 3.05) is 0 Å². The quantitative estimate of drug-likeness (QED) is 0.767. The maximum atomic E-state index is 12.0. The van der Waals surface area contributed by atoms with Crippen molar-refractivity contribution in [3.05, 3.63) is 30.3 Å². The van der Waals surface area contributed by atoms with E-state index in [0.29, 0.717) is 12.1 Å². The van der Waals surface area contributed by atoms with Crippen molar-refractivity contribution in [3.8, 4) is 0 Å². The Hall–Kier alpha value is -1.36. The molecule has 1 aliphatic rings. The van der Waals surface area contributed by atoms with Crippen LogP contribution >= 0.6 is 0 Å². The van der Waals surface area contributed by atoms with Gasteiger partial charge in [-0.25, -0.2) is 8.42 Å². The topological polar surface area (TPSA) is 55.7 Å². The van der Waals surface area contributed by atoms with E-state index in [0.717, 1.165) is 0 Å². The average Bonchev–Trinajstić information content (AvgIpc) is 2.67. The van der Waals surface area contributed by atoms with Crippen LogP contribution in [0.2, 0.25) is 0 Å². The molecule has 15 heavy (non-hydrogen) atoms. The van der Waals surface area contributed by atoms with E-state index in [1.807, 2.05) is 0 Å². The fourth-order valence-corrected chi connectivity index (χ4v) is 2.85. The van der Waals surface area contributed by atoms with Crippen molar-refractivity contribution in [2.45, 2.75) is 23.7 Å². The third-order valence-electron chi connectivity index (χ3n) is 2.21. The number of rotatable bonds is 2. The molecule has 4 nitrogen and oxygen atoms in total. The first kappa shape index (κ1) is 10.2. The van der Waals surface area contributed by atoms with E-state index in [2.05, 4.69) is 5.16 Å². The Morgan fingerprint density at radius 3 is 2.53 bits per heavy atom. The number of nitrogens with zero attached hydrogens (tertiary/aromatic N) is 1. The largest absolute Gasteiger partial charge is 0.375 e. The summed E-state index contributed by atoms with van der Waals surface area (Å²) >= 11 is 0. The highest BCUT2D eigenvalue weighted by molar-refractivity contribution is 7.92. The molecule has 1 aromatic carbocycles. The van der Waals surface area contributed by atoms with Crippen molar-refractivity contribution < 1.29 is 13.3 Å². The Kier molecular flexibility index (Phi) is 2.48. The number of hydrogen-bond donors (Lipinski definition) is 0. The molecule has 0 N–H and O–H groups in total. The molecule has 1 atom stereocenters. The first-order valence-corrected chi connectivity index (χ1v) is 6.13. The van der Waals surface area contributed by atoms with E-state index in [-0.39, 0.29) is 4.90 Å². The molecule has 0 bridgehead atoms. The van der Waals surface area contributed by atoms with Gasteiger partial charge in [0.2, 0.25) is 15.3 Å². The van der Waals surface area contributed by atoms with Gasteiger partial charge >= 0.3 is 0 Å². The minimum Gasteiger partial charge on any atom is -0.375 e. The minimum absolute atomic E-state index is 0.278. The van der Waals surface area contributed by atoms with Gasteiger partial charge in [0.15, 0.2) is 0 Å². The zero-order chi connectivity index (χ0) is 10.9. The van der Waals surface area contributed by atoms with E-state index < -0.39 is 15.3 Å². The van der Waals surface area contributed by atoms with E-state index in [1.165, 1.54) is 0 Å². The lowest BCUT2D eigenvalue weighted by Gasteiger charge is -2.09. The molecular formula is C10H11NO3S. The lowest BCUT2D eigenvalue weighted by molar-refractivity contribution is 0.140. The van der Waals surface area contributed by atoms with Gasteiger partial charge in [-0.05, 0) is 19.1 Å². The van der Waals surface area contributed by atoms with Crippen LogP contribution in [0.1, 0.15) is 13.3 Å². The van der Waals surface area contributed by atoms with Gasteiger partial charge < -0.3 is 4.84 Å². The number of benzene rings is 1. The predicted octanol–water partition coefficient (Wildman–Crippen LogP) is 1.58. The van der Waals surface area contributed by atoms with E-state index in [1.54, 1.807) is 37.3 Å². The van der Waals surface area contributed by atoms with Gasteiger partial charge in [-0.1, -0.05) is 23.4 Å². The molecular weight excluding hydrogens is 214 g/mol. The van der Waals surface area contributed by atoms with Crippen molar-refractivity contribution >= 4 is 15.5 Å². The molecule has 2 rings (SSSR count). The number of sulfone groups is 1. The summed E-state index contributed by atoms with van der Waals surface area (Å²) in [5.74, 6) is 0. The summed E-state index contributed by atoms with van der Waals surface area (Å²) in [6.07, 6.45) is 0.344. The smallest absolute Gasteiger partial charge is 0.236 e. The highest BCUT2D eigenvalue weighted by Gasteiger charge is 2.33. The zero-order valence-corrected chi connectivity index (χ0v) is 9.07. The van der Waals surface area contributed by atoms with Crippen LogP contribution in [0, 0.1) is 0 Å². The van der Waals surface area contributed by atoms with Gasteiger partial charge in [0.05, 0.1) is 10.6 Å². The van der Waals surface area contributed by atoms with Crippen LogP contribution in [0.3, 0.4) is 0 Å². The first-order chi connectivity index (χ1) is 7.10. The molecule has 0 radical (unpaired) electrons. The molecule has 0 spiro atoms. The SMILES string of the molecule is CC1=NOC(S(=O)(=O)c2ccccc2)C1. The van der Waals surface area contributed by atoms with Crippen LogP contribution in [-0.4, -0.2) is 19.6 Å². The van der Waals surface area contributed by atoms with Crippen LogP contribution in [0.15, 0.2) is 40.4 Å². The normalized spacial score (nSPS) is 20.9. The summed E-state index contributed by atoms with van der Waals surface area (Å²) < 4.78 is 24.0. The molecule has 1 aliphatic heterocycles. The predicted molar refractivity (Wildman–Crippen MR) is 56.2 cm³/mol. The molecule has 0 aromatic heterocycles. The van der Waals surface area contributed by atoms with Gasteiger partial charge in [-0.3, -0.25) is 0 Å². The van der Waals surface area contributed by atoms with Gasteiger partial charge in [-0.2, -0.15) is 0 Å². The first-order valence-electron chi connectivity index (χ1n) is 4.59. The van der Waals surface area contributed by atoms with E-state index in [4.69, 9.17) is 4.84 Å². The van der Waals surface area contributed by atoms with Crippen LogP contribution in [0.25, 0.3) is 0 Å². The second kappa shape index (κ2) is 3.66. The zero-order valence-electron chi connectivity index (χ0n) is 8.25. The van der Waals surface area contributed by atoms with E-state index in [9.17, 15) is 8.42 Å². The van der Waals surface area contributed by atoms with Crippen molar-refractivity contribution in [1.29, 1.82) is 0 Å². The maximum Gasteiger partial charge on any atom is 0.236 e. The Labute approximate surface area is 88.5 Å². The Balaban J connectivity index is 2.30. The van der Waals surface area contributed by atoms with E-state index >= 15 is 0 Å². The van der Waals surface area contributed by atoms with Crippen LogP contribution < -0.4 is 0 Å². The third kappa shape index (κ3) is 1.87. The van der Waals surface area contributed by atoms with Crippen molar-refractivity contribution in [2.24, 2.45) is 5.16 Å². The second-order valence-electron chi connectivity index (χ2n) is 3.42. The van der Waals surface area contributed by atoms with Gasteiger partial charge in [0.1, 0.15) is 0 Å². The number of hydrogen-bond acceptors (Lipinski definition) is 4. The average molecular weight is 225 g/mol. The molecule has 0 amide bonds. The fraction of sp³-hybridized carbons (Fsp3) is 0.300. The molecule has 1 aromatic rings. The number of oxime groups is 1. The molecule has 0 saturated carbocycles. The molecule has 5 heteroatoms. The molecule has 0 fully saturated rings. The summed E-state index contributed by atoms with van der Waals surface area (Å²) in [7, 11) is -3.41.